The van der Waals surface area contributed by atoms with Gasteiger partial charge in [-0.3, -0.25) is 4.90 Å². The van der Waals surface area contributed by atoms with Gasteiger partial charge < -0.3 is 14.5 Å². The monoisotopic (exact) mass is 388 g/mol. The number of nitrogens with zero attached hydrogens (tertiary/aromatic N) is 6. The first kappa shape index (κ1) is 20.3. The lowest BCUT2D eigenvalue weighted by Gasteiger charge is -2.35. The Labute approximate surface area is 166 Å². The fraction of sp³-hybridized carbons (Fsp3) is 0.550. The molecule has 1 aliphatic rings. The zero-order valence-electron chi connectivity index (χ0n) is 17.3. The van der Waals surface area contributed by atoms with Gasteiger partial charge in [0, 0.05) is 52.7 Å². The van der Waals surface area contributed by atoms with Gasteiger partial charge >= 0.3 is 0 Å². The lowest BCUT2D eigenvalue weighted by molar-refractivity contribution is 0.248. The van der Waals surface area contributed by atoms with E-state index in [9.17, 15) is 4.39 Å². The largest absolute Gasteiger partial charge is 0.494 e. The molecule has 1 saturated heterocycles. The van der Waals surface area contributed by atoms with Crippen molar-refractivity contribution >= 4 is 11.9 Å². The van der Waals surface area contributed by atoms with Gasteiger partial charge in [0.15, 0.2) is 11.6 Å². The van der Waals surface area contributed by atoms with E-state index in [2.05, 4.69) is 38.6 Å². The predicted octanol–water partition coefficient (Wildman–Crippen LogP) is 2.53. The van der Waals surface area contributed by atoms with Crippen LogP contribution in [0.15, 0.2) is 18.2 Å². The van der Waals surface area contributed by atoms with Crippen molar-refractivity contribution in [3.05, 3.63) is 35.4 Å². The Kier molecular flexibility index (Phi) is 6.28. The lowest BCUT2D eigenvalue weighted by Crippen LogP contribution is -2.46. The Morgan fingerprint density at radius 2 is 1.82 bits per heavy atom. The van der Waals surface area contributed by atoms with Gasteiger partial charge in [0.1, 0.15) is 5.82 Å². The Bertz CT molecular complexity index is 779. The van der Waals surface area contributed by atoms with Crippen LogP contribution in [0.25, 0.3) is 0 Å². The highest BCUT2D eigenvalue weighted by atomic mass is 19.1. The molecule has 1 aliphatic heterocycles. The van der Waals surface area contributed by atoms with Crippen molar-refractivity contribution in [1.29, 1.82) is 0 Å². The van der Waals surface area contributed by atoms with Crippen molar-refractivity contribution in [3.8, 4) is 5.75 Å². The maximum Gasteiger partial charge on any atom is 0.230 e. The van der Waals surface area contributed by atoms with Gasteiger partial charge in [-0.05, 0) is 17.7 Å². The van der Waals surface area contributed by atoms with Crippen LogP contribution < -0.4 is 14.5 Å². The Morgan fingerprint density at radius 1 is 1.11 bits per heavy atom. The summed E-state index contributed by atoms with van der Waals surface area (Å²) in [4.78, 5) is 20.3. The summed E-state index contributed by atoms with van der Waals surface area (Å²) >= 11 is 0. The number of halogens is 1. The lowest BCUT2D eigenvalue weighted by atomic mass is 10.2. The number of benzene rings is 1. The van der Waals surface area contributed by atoms with Gasteiger partial charge in [0.2, 0.25) is 11.9 Å². The minimum Gasteiger partial charge on any atom is -0.494 e. The highest BCUT2D eigenvalue weighted by Gasteiger charge is 2.22. The average molecular weight is 388 g/mol. The van der Waals surface area contributed by atoms with Crippen LogP contribution in [0.2, 0.25) is 0 Å². The van der Waals surface area contributed by atoms with E-state index >= 15 is 0 Å². The van der Waals surface area contributed by atoms with Gasteiger partial charge in [-0.25, -0.2) is 4.39 Å². The predicted molar refractivity (Wildman–Crippen MR) is 109 cm³/mol. The third-order valence-corrected chi connectivity index (χ3v) is 4.82. The summed E-state index contributed by atoms with van der Waals surface area (Å²) in [5, 5.41) is 0. The van der Waals surface area contributed by atoms with E-state index in [0.717, 1.165) is 43.5 Å². The quantitative estimate of drug-likeness (QED) is 0.754. The van der Waals surface area contributed by atoms with Crippen LogP contribution in [0, 0.1) is 5.82 Å². The molecule has 1 fully saturated rings. The molecule has 0 spiro atoms. The van der Waals surface area contributed by atoms with Gasteiger partial charge in [-0.2, -0.15) is 15.0 Å². The normalized spacial score (nSPS) is 15.2. The van der Waals surface area contributed by atoms with E-state index in [1.54, 1.807) is 12.1 Å². The molecule has 28 heavy (non-hydrogen) atoms. The van der Waals surface area contributed by atoms with E-state index in [1.165, 1.54) is 7.11 Å². The Hall–Kier alpha value is -2.48. The second kappa shape index (κ2) is 8.68. The fourth-order valence-corrected chi connectivity index (χ4v) is 3.14. The molecule has 1 aromatic heterocycles. The van der Waals surface area contributed by atoms with Crippen molar-refractivity contribution in [2.75, 3.05) is 57.2 Å². The maximum atomic E-state index is 13.9. The van der Waals surface area contributed by atoms with Crippen LogP contribution in [0.4, 0.5) is 16.3 Å². The molecule has 0 N–H and O–H groups in total. The molecule has 0 aliphatic carbocycles. The summed E-state index contributed by atoms with van der Waals surface area (Å²) < 4.78 is 18.9. The zero-order valence-corrected chi connectivity index (χ0v) is 17.3. The van der Waals surface area contributed by atoms with Crippen molar-refractivity contribution in [3.63, 3.8) is 0 Å². The summed E-state index contributed by atoms with van der Waals surface area (Å²) in [7, 11) is 5.36. The first-order chi connectivity index (χ1) is 13.4. The molecule has 0 amide bonds. The molecule has 0 bridgehead atoms. The summed E-state index contributed by atoms with van der Waals surface area (Å²) in [5.74, 6) is 2.43. The SMILES string of the molecule is COc1ccc(CN2CCN(c3nc(C(C)C)nc(N(C)C)n3)CC2)cc1F. The van der Waals surface area contributed by atoms with Crippen LogP contribution in [0.3, 0.4) is 0 Å². The molecule has 2 aromatic rings. The average Bonchev–Trinajstić information content (AvgIpc) is 2.68. The summed E-state index contributed by atoms with van der Waals surface area (Å²) in [5.41, 5.74) is 0.948. The topological polar surface area (TPSA) is 57.6 Å². The summed E-state index contributed by atoms with van der Waals surface area (Å²) in [6.07, 6.45) is 0. The molecule has 152 valence electrons. The number of methoxy groups -OCH3 is 1. The second-order valence-electron chi connectivity index (χ2n) is 7.57. The smallest absolute Gasteiger partial charge is 0.230 e. The second-order valence-corrected chi connectivity index (χ2v) is 7.57. The van der Waals surface area contributed by atoms with Crippen molar-refractivity contribution in [2.24, 2.45) is 0 Å². The molecule has 3 rings (SSSR count). The van der Waals surface area contributed by atoms with Gasteiger partial charge in [-0.15, -0.1) is 0 Å². The summed E-state index contributed by atoms with van der Waals surface area (Å²) in [6.45, 7) is 8.28. The minimum absolute atomic E-state index is 0.242. The molecule has 0 unspecified atom stereocenters. The molecule has 0 saturated carbocycles. The Balaban J connectivity index is 1.66. The van der Waals surface area contributed by atoms with Crippen LogP contribution in [0.5, 0.6) is 5.75 Å². The first-order valence-corrected chi connectivity index (χ1v) is 9.60. The number of hydrogen-bond acceptors (Lipinski definition) is 7. The number of ether oxygens (including phenoxy) is 1. The number of anilines is 2. The standard InChI is InChI=1S/C20H29FN6O/c1-14(2)18-22-19(25(3)4)24-20(23-18)27-10-8-26(9-11-27)13-15-6-7-17(28-5)16(21)12-15/h6-7,12,14H,8-11,13H2,1-5H3. The molecule has 2 heterocycles. The van der Waals surface area contributed by atoms with E-state index < -0.39 is 0 Å². The van der Waals surface area contributed by atoms with E-state index in [-0.39, 0.29) is 17.5 Å². The molecule has 0 radical (unpaired) electrons. The third-order valence-electron chi connectivity index (χ3n) is 4.82. The number of hydrogen-bond donors (Lipinski definition) is 0. The van der Waals surface area contributed by atoms with Crippen LogP contribution >= 0.6 is 0 Å². The summed E-state index contributed by atoms with van der Waals surface area (Å²) in [6, 6.07) is 5.15. The van der Waals surface area contributed by atoms with Crippen molar-refractivity contribution in [2.45, 2.75) is 26.3 Å². The maximum absolute atomic E-state index is 13.9. The number of piperazine rings is 1. The van der Waals surface area contributed by atoms with E-state index in [1.807, 2.05) is 25.1 Å². The van der Waals surface area contributed by atoms with Crippen LogP contribution in [-0.4, -0.2) is 67.2 Å². The van der Waals surface area contributed by atoms with Gasteiger partial charge in [0.05, 0.1) is 7.11 Å². The molecule has 0 atom stereocenters. The molecule has 1 aromatic carbocycles. The van der Waals surface area contributed by atoms with E-state index in [0.29, 0.717) is 12.5 Å². The first-order valence-electron chi connectivity index (χ1n) is 9.60. The van der Waals surface area contributed by atoms with Gasteiger partial charge in [0.25, 0.3) is 0 Å². The number of rotatable bonds is 6. The molecule has 8 heteroatoms. The number of aromatic nitrogens is 3. The molecule has 7 nitrogen and oxygen atoms in total. The minimum atomic E-state index is -0.318. The van der Waals surface area contributed by atoms with Crippen molar-refractivity contribution < 1.29 is 9.13 Å². The van der Waals surface area contributed by atoms with Gasteiger partial charge in [-0.1, -0.05) is 19.9 Å². The van der Waals surface area contributed by atoms with Crippen LogP contribution in [-0.2, 0) is 6.54 Å². The Morgan fingerprint density at radius 3 is 2.39 bits per heavy atom. The molecular weight excluding hydrogens is 359 g/mol. The fourth-order valence-electron chi connectivity index (χ4n) is 3.14. The van der Waals surface area contributed by atoms with Crippen molar-refractivity contribution in [1.82, 2.24) is 19.9 Å². The third kappa shape index (κ3) is 4.67. The highest BCUT2D eigenvalue weighted by molar-refractivity contribution is 5.39. The van der Waals surface area contributed by atoms with E-state index in [4.69, 9.17) is 4.74 Å². The molecular formula is C20H29FN6O. The van der Waals surface area contributed by atoms with Crippen LogP contribution in [0.1, 0.15) is 31.2 Å². The zero-order chi connectivity index (χ0) is 20.3. The highest BCUT2D eigenvalue weighted by Crippen LogP contribution is 2.21.